The van der Waals surface area contributed by atoms with E-state index in [9.17, 15) is 14.3 Å². The molecule has 0 unspecified atom stereocenters. The number of carbonyl (C=O) groups is 1. The molecule has 126 valence electrons. The summed E-state index contributed by atoms with van der Waals surface area (Å²) in [6, 6.07) is 6.95. The highest BCUT2D eigenvalue weighted by molar-refractivity contribution is 5.93. The molecule has 1 aliphatic rings. The zero-order chi connectivity index (χ0) is 17.4. The fourth-order valence-corrected chi connectivity index (χ4v) is 2.34. The number of hydrogen-bond acceptors (Lipinski definition) is 6. The minimum Gasteiger partial charge on any atom is -0.508 e. The monoisotopic (exact) mass is 340 g/mol. The van der Waals surface area contributed by atoms with Crippen LogP contribution in [0.4, 0.5) is 10.2 Å². The standard InChI is InChI=1S/C17H13FN4O3/c18-13-8-11(23)3-4-12(13)15-21-17(25-22-15)10-5-6-19-14(7-10)20-16(24)9-1-2-9/h3-9,23H,1-2H2,(H,19,20,24). The average molecular weight is 340 g/mol. The third kappa shape index (κ3) is 3.18. The summed E-state index contributed by atoms with van der Waals surface area (Å²) in [7, 11) is 0. The number of phenols is 1. The second-order valence-electron chi connectivity index (χ2n) is 5.78. The number of carbonyl (C=O) groups excluding carboxylic acids is 1. The number of phenolic OH excluding ortho intramolecular Hbond substituents is 1. The van der Waals surface area contributed by atoms with E-state index in [0.29, 0.717) is 11.4 Å². The minimum absolute atomic E-state index is 0.0537. The highest BCUT2D eigenvalue weighted by Gasteiger charge is 2.29. The molecular formula is C17H13FN4O3. The van der Waals surface area contributed by atoms with Gasteiger partial charge < -0.3 is 14.9 Å². The lowest BCUT2D eigenvalue weighted by Gasteiger charge is -2.03. The second kappa shape index (κ2) is 5.97. The van der Waals surface area contributed by atoms with Crippen LogP contribution in [0.5, 0.6) is 5.75 Å². The first kappa shape index (κ1) is 15.3. The molecule has 3 aromatic rings. The van der Waals surface area contributed by atoms with Crippen LogP contribution in [0.1, 0.15) is 12.8 Å². The van der Waals surface area contributed by atoms with Gasteiger partial charge in [-0.2, -0.15) is 4.98 Å². The highest BCUT2D eigenvalue weighted by atomic mass is 19.1. The van der Waals surface area contributed by atoms with E-state index in [1.165, 1.54) is 18.3 Å². The van der Waals surface area contributed by atoms with E-state index in [-0.39, 0.29) is 34.9 Å². The fourth-order valence-electron chi connectivity index (χ4n) is 2.34. The summed E-state index contributed by atoms with van der Waals surface area (Å²) in [5, 5.41) is 15.8. The molecular weight excluding hydrogens is 327 g/mol. The van der Waals surface area contributed by atoms with E-state index < -0.39 is 5.82 Å². The quantitative estimate of drug-likeness (QED) is 0.757. The van der Waals surface area contributed by atoms with Crippen molar-refractivity contribution < 1.29 is 18.8 Å². The summed E-state index contributed by atoms with van der Waals surface area (Å²) in [5.74, 6) is -0.195. The van der Waals surface area contributed by atoms with Crippen molar-refractivity contribution in [3.05, 3.63) is 42.3 Å². The van der Waals surface area contributed by atoms with E-state index in [2.05, 4.69) is 20.4 Å². The Hall–Kier alpha value is -3.29. The van der Waals surface area contributed by atoms with Gasteiger partial charge in [0.1, 0.15) is 17.4 Å². The van der Waals surface area contributed by atoms with Crippen molar-refractivity contribution in [1.82, 2.24) is 15.1 Å². The van der Waals surface area contributed by atoms with Gasteiger partial charge in [0.15, 0.2) is 0 Å². The molecule has 0 atom stereocenters. The van der Waals surface area contributed by atoms with Crippen LogP contribution in [0.2, 0.25) is 0 Å². The molecule has 2 heterocycles. The average Bonchev–Trinajstić information content (AvgIpc) is 3.33. The zero-order valence-corrected chi connectivity index (χ0v) is 12.9. The van der Waals surface area contributed by atoms with Gasteiger partial charge in [0.05, 0.1) is 5.56 Å². The highest BCUT2D eigenvalue weighted by Crippen LogP contribution is 2.31. The van der Waals surface area contributed by atoms with Crippen molar-refractivity contribution in [2.24, 2.45) is 5.92 Å². The lowest BCUT2D eigenvalue weighted by Crippen LogP contribution is -2.14. The summed E-state index contributed by atoms with van der Waals surface area (Å²) in [6.07, 6.45) is 3.32. The Bertz CT molecular complexity index is 953. The first-order chi connectivity index (χ1) is 12.1. The van der Waals surface area contributed by atoms with E-state index >= 15 is 0 Å². The first-order valence-electron chi connectivity index (χ1n) is 7.70. The summed E-state index contributed by atoms with van der Waals surface area (Å²) in [5.41, 5.74) is 0.670. The number of nitrogens with one attached hydrogen (secondary N) is 1. The van der Waals surface area contributed by atoms with Crippen LogP contribution < -0.4 is 5.32 Å². The Morgan fingerprint density at radius 3 is 2.88 bits per heavy atom. The SMILES string of the molecule is O=C(Nc1cc(-c2nc(-c3ccc(O)cc3F)no2)ccn1)C1CC1. The van der Waals surface area contributed by atoms with E-state index in [1.54, 1.807) is 12.1 Å². The first-order valence-corrected chi connectivity index (χ1v) is 7.70. The molecule has 8 heteroatoms. The molecule has 25 heavy (non-hydrogen) atoms. The Balaban J connectivity index is 1.60. The Morgan fingerprint density at radius 1 is 1.28 bits per heavy atom. The molecule has 0 saturated heterocycles. The molecule has 1 saturated carbocycles. The summed E-state index contributed by atoms with van der Waals surface area (Å²) >= 11 is 0. The van der Waals surface area contributed by atoms with Crippen molar-refractivity contribution in [1.29, 1.82) is 0 Å². The number of benzene rings is 1. The molecule has 7 nitrogen and oxygen atoms in total. The predicted octanol–water partition coefficient (Wildman–Crippen LogP) is 2.99. The fraction of sp³-hybridized carbons (Fsp3) is 0.176. The summed E-state index contributed by atoms with van der Waals surface area (Å²) in [4.78, 5) is 20.1. The number of pyridine rings is 1. The molecule has 1 aliphatic carbocycles. The maximum absolute atomic E-state index is 13.9. The second-order valence-corrected chi connectivity index (χ2v) is 5.78. The van der Waals surface area contributed by atoms with Crippen LogP contribution in [-0.2, 0) is 4.79 Å². The van der Waals surface area contributed by atoms with Crippen LogP contribution in [0.25, 0.3) is 22.8 Å². The molecule has 0 spiro atoms. The number of amides is 1. The molecule has 2 N–H and O–H groups in total. The van der Waals surface area contributed by atoms with Crippen LogP contribution in [0.3, 0.4) is 0 Å². The van der Waals surface area contributed by atoms with Gasteiger partial charge in [0.25, 0.3) is 5.89 Å². The lowest BCUT2D eigenvalue weighted by molar-refractivity contribution is -0.117. The largest absolute Gasteiger partial charge is 0.508 e. The van der Waals surface area contributed by atoms with Crippen molar-refractivity contribution in [3.63, 3.8) is 0 Å². The maximum Gasteiger partial charge on any atom is 0.258 e. The number of rotatable bonds is 4. The van der Waals surface area contributed by atoms with Gasteiger partial charge in [-0.25, -0.2) is 9.37 Å². The molecule has 4 rings (SSSR count). The number of hydrogen-bond donors (Lipinski definition) is 2. The summed E-state index contributed by atoms with van der Waals surface area (Å²) in [6.45, 7) is 0. The van der Waals surface area contributed by atoms with Crippen LogP contribution in [0, 0.1) is 11.7 Å². The molecule has 1 fully saturated rings. The maximum atomic E-state index is 13.9. The number of anilines is 1. The van der Waals surface area contributed by atoms with Crippen molar-refractivity contribution >= 4 is 11.7 Å². The Kier molecular flexibility index (Phi) is 3.64. The molecule has 1 amide bonds. The smallest absolute Gasteiger partial charge is 0.258 e. The van der Waals surface area contributed by atoms with Crippen molar-refractivity contribution in [2.45, 2.75) is 12.8 Å². The molecule has 2 aromatic heterocycles. The van der Waals surface area contributed by atoms with E-state index in [4.69, 9.17) is 4.52 Å². The van der Waals surface area contributed by atoms with Crippen LogP contribution >= 0.6 is 0 Å². The predicted molar refractivity (Wildman–Crippen MR) is 85.9 cm³/mol. The summed E-state index contributed by atoms with van der Waals surface area (Å²) < 4.78 is 19.1. The van der Waals surface area contributed by atoms with Gasteiger partial charge >= 0.3 is 0 Å². The normalized spacial score (nSPS) is 13.6. The molecule has 0 radical (unpaired) electrons. The van der Waals surface area contributed by atoms with Crippen LogP contribution in [0.15, 0.2) is 41.1 Å². The van der Waals surface area contributed by atoms with Crippen LogP contribution in [-0.4, -0.2) is 26.1 Å². The van der Waals surface area contributed by atoms with Gasteiger partial charge in [0, 0.05) is 23.7 Å². The Labute approximate surface area is 141 Å². The number of aromatic nitrogens is 3. The molecule has 1 aromatic carbocycles. The number of nitrogens with zero attached hydrogens (tertiary/aromatic N) is 3. The van der Waals surface area contributed by atoms with Gasteiger partial charge in [0.2, 0.25) is 11.7 Å². The topological polar surface area (TPSA) is 101 Å². The third-order valence-corrected chi connectivity index (χ3v) is 3.83. The van der Waals surface area contributed by atoms with Crippen molar-refractivity contribution in [2.75, 3.05) is 5.32 Å². The van der Waals surface area contributed by atoms with Gasteiger partial charge in [-0.15, -0.1) is 0 Å². The van der Waals surface area contributed by atoms with Gasteiger partial charge in [-0.3, -0.25) is 4.79 Å². The van der Waals surface area contributed by atoms with E-state index in [0.717, 1.165) is 18.9 Å². The molecule has 0 bridgehead atoms. The van der Waals surface area contributed by atoms with Gasteiger partial charge in [-0.05, 0) is 37.1 Å². The lowest BCUT2D eigenvalue weighted by atomic mass is 10.2. The zero-order valence-electron chi connectivity index (χ0n) is 12.9. The van der Waals surface area contributed by atoms with E-state index in [1.807, 2.05) is 0 Å². The number of aromatic hydroxyl groups is 1. The Morgan fingerprint density at radius 2 is 2.12 bits per heavy atom. The third-order valence-electron chi connectivity index (χ3n) is 3.83. The van der Waals surface area contributed by atoms with Gasteiger partial charge in [-0.1, -0.05) is 5.16 Å². The minimum atomic E-state index is -0.653. The molecule has 0 aliphatic heterocycles. The van der Waals surface area contributed by atoms with Crippen molar-refractivity contribution in [3.8, 4) is 28.6 Å². The number of halogens is 1.